The van der Waals surface area contributed by atoms with Gasteiger partial charge >= 0.3 is 0 Å². The predicted molar refractivity (Wildman–Crippen MR) is 107 cm³/mol. The van der Waals surface area contributed by atoms with Crippen LogP contribution in [0.15, 0.2) is 59.6 Å². The van der Waals surface area contributed by atoms with Crippen molar-refractivity contribution in [1.29, 1.82) is 0 Å². The van der Waals surface area contributed by atoms with Crippen molar-refractivity contribution in [3.63, 3.8) is 0 Å². The summed E-state index contributed by atoms with van der Waals surface area (Å²) < 4.78 is 0. The number of nitrogens with one attached hydrogen (secondary N) is 1. The Morgan fingerprint density at radius 2 is 1.73 bits per heavy atom. The molecule has 2 aromatic carbocycles. The number of thioether (sulfide) groups is 1. The Labute approximate surface area is 158 Å². The van der Waals surface area contributed by atoms with Crippen LogP contribution in [0.3, 0.4) is 0 Å². The Balaban J connectivity index is 1.60. The van der Waals surface area contributed by atoms with Gasteiger partial charge < -0.3 is 5.32 Å². The molecule has 0 spiro atoms. The van der Waals surface area contributed by atoms with Crippen LogP contribution < -0.4 is 5.32 Å². The van der Waals surface area contributed by atoms with Gasteiger partial charge in [0.15, 0.2) is 0 Å². The number of aryl methyl sites for hydroxylation is 3. The third kappa shape index (κ3) is 4.49. The third-order valence-corrected chi connectivity index (χ3v) is 5.13. The molecule has 0 fully saturated rings. The van der Waals surface area contributed by atoms with Crippen LogP contribution in [0.5, 0.6) is 0 Å². The lowest BCUT2D eigenvalue weighted by atomic mass is 10.0. The van der Waals surface area contributed by atoms with E-state index in [4.69, 9.17) is 0 Å². The van der Waals surface area contributed by atoms with Gasteiger partial charge in [-0.1, -0.05) is 42.1 Å². The Bertz CT molecular complexity index is 923. The van der Waals surface area contributed by atoms with Crippen molar-refractivity contribution < 1.29 is 4.79 Å². The standard InChI is InChI=1S/C21H21N3OS/c1-14-8-9-17(12-16(14)3)19-10-11-21(24-23-19)26-13-20(25)22-18-7-5-4-6-15(18)2/h4-12H,13H2,1-3H3,(H,22,25). The van der Waals surface area contributed by atoms with E-state index in [0.29, 0.717) is 5.75 Å². The summed E-state index contributed by atoms with van der Waals surface area (Å²) in [5.74, 6) is 0.246. The summed E-state index contributed by atoms with van der Waals surface area (Å²) in [6.07, 6.45) is 0. The van der Waals surface area contributed by atoms with E-state index in [2.05, 4.69) is 47.6 Å². The zero-order valence-corrected chi connectivity index (χ0v) is 15.9. The second-order valence-corrected chi connectivity index (χ2v) is 7.20. The molecule has 0 radical (unpaired) electrons. The highest BCUT2D eigenvalue weighted by molar-refractivity contribution is 7.99. The van der Waals surface area contributed by atoms with Crippen LogP contribution in [0.25, 0.3) is 11.3 Å². The van der Waals surface area contributed by atoms with E-state index in [1.807, 2.05) is 43.3 Å². The van der Waals surface area contributed by atoms with Gasteiger partial charge in [-0.15, -0.1) is 10.2 Å². The topological polar surface area (TPSA) is 54.9 Å². The van der Waals surface area contributed by atoms with Gasteiger partial charge in [-0.05, 0) is 61.7 Å². The smallest absolute Gasteiger partial charge is 0.234 e. The monoisotopic (exact) mass is 363 g/mol. The highest BCUT2D eigenvalue weighted by Crippen LogP contribution is 2.22. The molecule has 1 N–H and O–H groups in total. The van der Waals surface area contributed by atoms with Gasteiger partial charge in [-0.25, -0.2) is 0 Å². The van der Waals surface area contributed by atoms with Gasteiger partial charge in [0.05, 0.1) is 11.4 Å². The molecule has 0 aliphatic rings. The molecule has 1 heterocycles. The number of benzene rings is 2. The van der Waals surface area contributed by atoms with Crippen LogP contribution in [0, 0.1) is 20.8 Å². The number of nitrogens with zero attached hydrogens (tertiary/aromatic N) is 2. The molecule has 4 nitrogen and oxygen atoms in total. The number of hydrogen-bond donors (Lipinski definition) is 1. The fourth-order valence-electron chi connectivity index (χ4n) is 2.49. The summed E-state index contributed by atoms with van der Waals surface area (Å²) in [5.41, 5.74) is 6.26. The van der Waals surface area contributed by atoms with E-state index in [-0.39, 0.29) is 5.91 Å². The fourth-order valence-corrected chi connectivity index (χ4v) is 3.10. The lowest BCUT2D eigenvalue weighted by Gasteiger charge is -2.08. The minimum absolute atomic E-state index is 0.0515. The number of rotatable bonds is 5. The van der Waals surface area contributed by atoms with Crippen LogP contribution in [0.1, 0.15) is 16.7 Å². The maximum Gasteiger partial charge on any atom is 0.234 e. The van der Waals surface area contributed by atoms with Gasteiger partial charge in [0.2, 0.25) is 5.91 Å². The van der Waals surface area contributed by atoms with E-state index in [9.17, 15) is 4.79 Å². The van der Waals surface area contributed by atoms with E-state index in [0.717, 1.165) is 27.5 Å². The zero-order chi connectivity index (χ0) is 18.5. The lowest BCUT2D eigenvalue weighted by molar-refractivity contribution is -0.113. The molecule has 3 aromatic rings. The Morgan fingerprint density at radius 3 is 2.42 bits per heavy atom. The van der Waals surface area contributed by atoms with Gasteiger partial charge in [-0.2, -0.15) is 0 Å². The van der Waals surface area contributed by atoms with Crippen LogP contribution in [-0.4, -0.2) is 21.9 Å². The number of carbonyl (C=O) groups is 1. The van der Waals surface area contributed by atoms with Crippen LogP contribution in [0.4, 0.5) is 5.69 Å². The maximum absolute atomic E-state index is 12.1. The van der Waals surface area contributed by atoms with Crippen molar-refractivity contribution in [3.05, 3.63) is 71.3 Å². The molecule has 0 unspecified atom stereocenters. The van der Waals surface area contributed by atoms with E-state index < -0.39 is 0 Å². The molecule has 0 aliphatic heterocycles. The second-order valence-electron chi connectivity index (χ2n) is 6.21. The average Bonchev–Trinajstić information content (AvgIpc) is 2.65. The Kier molecular flexibility index (Phi) is 5.68. The summed E-state index contributed by atoms with van der Waals surface area (Å²) in [5, 5.41) is 12.2. The van der Waals surface area contributed by atoms with Crippen molar-refractivity contribution in [2.75, 3.05) is 11.1 Å². The lowest BCUT2D eigenvalue weighted by Crippen LogP contribution is -2.14. The summed E-state index contributed by atoms with van der Waals surface area (Å²) in [6.45, 7) is 6.15. The molecule has 1 amide bonds. The molecule has 0 aliphatic carbocycles. The van der Waals surface area contributed by atoms with Crippen LogP contribution >= 0.6 is 11.8 Å². The van der Waals surface area contributed by atoms with Gasteiger partial charge in [0.1, 0.15) is 5.03 Å². The van der Waals surface area contributed by atoms with E-state index in [1.165, 1.54) is 22.9 Å². The normalized spacial score (nSPS) is 10.6. The minimum Gasteiger partial charge on any atom is -0.325 e. The molecular formula is C21H21N3OS. The van der Waals surface area contributed by atoms with Gasteiger partial charge in [-0.3, -0.25) is 4.79 Å². The van der Waals surface area contributed by atoms with Crippen LogP contribution in [-0.2, 0) is 4.79 Å². The number of amides is 1. The number of para-hydroxylation sites is 1. The molecule has 0 bridgehead atoms. The minimum atomic E-state index is -0.0515. The number of carbonyl (C=O) groups excluding carboxylic acids is 1. The molecule has 0 saturated heterocycles. The average molecular weight is 363 g/mol. The zero-order valence-electron chi connectivity index (χ0n) is 15.1. The molecule has 5 heteroatoms. The Hall–Kier alpha value is -2.66. The largest absolute Gasteiger partial charge is 0.325 e. The Morgan fingerprint density at radius 1 is 0.923 bits per heavy atom. The SMILES string of the molecule is Cc1ccc(-c2ccc(SCC(=O)Nc3ccccc3C)nn2)cc1C. The van der Waals surface area contributed by atoms with Crippen molar-refractivity contribution in [1.82, 2.24) is 10.2 Å². The highest BCUT2D eigenvalue weighted by Gasteiger charge is 2.07. The van der Waals surface area contributed by atoms with Crippen molar-refractivity contribution in [3.8, 4) is 11.3 Å². The first-order valence-electron chi connectivity index (χ1n) is 8.42. The summed E-state index contributed by atoms with van der Waals surface area (Å²) in [6, 6.07) is 17.8. The molecule has 0 saturated carbocycles. The maximum atomic E-state index is 12.1. The number of hydrogen-bond acceptors (Lipinski definition) is 4. The quantitative estimate of drug-likeness (QED) is 0.662. The number of anilines is 1. The second kappa shape index (κ2) is 8.15. The van der Waals surface area contributed by atoms with E-state index in [1.54, 1.807) is 0 Å². The molecule has 1 aromatic heterocycles. The van der Waals surface area contributed by atoms with Gasteiger partial charge in [0.25, 0.3) is 0 Å². The van der Waals surface area contributed by atoms with Crippen molar-refractivity contribution in [2.24, 2.45) is 0 Å². The van der Waals surface area contributed by atoms with Gasteiger partial charge in [0, 0.05) is 11.3 Å². The molecular weight excluding hydrogens is 342 g/mol. The summed E-state index contributed by atoms with van der Waals surface area (Å²) in [4.78, 5) is 12.1. The molecule has 3 rings (SSSR count). The third-order valence-electron chi connectivity index (χ3n) is 4.21. The summed E-state index contributed by atoms with van der Waals surface area (Å²) in [7, 11) is 0. The van der Waals surface area contributed by atoms with Crippen molar-refractivity contribution >= 4 is 23.4 Å². The summed E-state index contributed by atoms with van der Waals surface area (Å²) >= 11 is 1.38. The predicted octanol–water partition coefficient (Wildman–Crippen LogP) is 4.80. The molecule has 0 atom stereocenters. The number of aromatic nitrogens is 2. The fraction of sp³-hybridized carbons (Fsp3) is 0.190. The first-order valence-corrected chi connectivity index (χ1v) is 9.41. The molecule has 132 valence electrons. The first-order chi connectivity index (χ1) is 12.5. The highest BCUT2D eigenvalue weighted by atomic mass is 32.2. The first kappa shape index (κ1) is 18.1. The molecule has 26 heavy (non-hydrogen) atoms. The van der Waals surface area contributed by atoms with Crippen LogP contribution in [0.2, 0.25) is 0 Å². The van der Waals surface area contributed by atoms with Crippen molar-refractivity contribution in [2.45, 2.75) is 25.8 Å². The van der Waals surface area contributed by atoms with E-state index >= 15 is 0 Å².